The van der Waals surface area contributed by atoms with Crippen LogP contribution in [0.15, 0.2) is 42.7 Å². The average Bonchev–Trinajstić information content (AvgIpc) is 2.50. The van der Waals surface area contributed by atoms with Crippen LogP contribution in [0.4, 0.5) is 0 Å². The van der Waals surface area contributed by atoms with Gasteiger partial charge in [-0.1, -0.05) is 39.0 Å². The molecule has 5 heteroatoms. The van der Waals surface area contributed by atoms with Gasteiger partial charge in [0.25, 0.3) is 0 Å². The van der Waals surface area contributed by atoms with Gasteiger partial charge in [-0.3, -0.25) is 0 Å². The number of esters is 1. The van der Waals surface area contributed by atoms with Crippen LogP contribution in [-0.4, -0.2) is 32.6 Å². The number of hydrogen-bond acceptors (Lipinski definition) is 4. The van der Waals surface area contributed by atoms with Crippen molar-refractivity contribution in [3.05, 3.63) is 48.2 Å². The molecule has 0 N–H and O–H groups in total. The van der Waals surface area contributed by atoms with E-state index in [1.54, 1.807) is 24.5 Å². The van der Waals surface area contributed by atoms with Gasteiger partial charge in [0.1, 0.15) is 12.2 Å². The molecule has 0 fully saturated rings. The van der Waals surface area contributed by atoms with Crippen molar-refractivity contribution < 1.29 is 18.7 Å². The zero-order valence-electron chi connectivity index (χ0n) is 15.4. The minimum Gasteiger partial charge on any atom is -0.496 e. The van der Waals surface area contributed by atoms with Crippen LogP contribution < -0.4 is 0 Å². The fourth-order valence-corrected chi connectivity index (χ4v) is 3.61. The lowest BCUT2D eigenvalue weighted by Gasteiger charge is -2.43. The van der Waals surface area contributed by atoms with Gasteiger partial charge in [-0.2, -0.15) is 0 Å². The van der Waals surface area contributed by atoms with Gasteiger partial charge in [0.05, 0.1) is 11.8 Å². The lowest BCUT2D eigenvalue weighted by molar-refractivity contribution is -0.0582. The number of rotatable bonds is 4. The maximum atomic E-state index is 12.4. The second-order valence-corrected chi connectivity index (χ2v) is 12.5. The standard InChI is InChI=1S/C19H28O4Si/c1-14-17(23-24(5,6)19(2,3)4)16(12-13-21-14)22-18(20)15-10-8-7-9-11-15/h7-14,16-17H,1-6H3/t14-,16-,17-/m1/s1. The molecule has 0 aromatic heterocycles. The molecule has 132 valence electrons. The van der Waals surface area contributed by atoms with Crippen LogP contribution in [-0.2, 0) is 13.9 Å². The highest BCUT2D eigenvalue weighted by Gasteiger charge is 2.44. The van der Waals surface area contributed by atoms with Gasteiger partial charge in [0.15, 0.2) is 14.4 Å². The topological polar surface area (TPSA) is 44.8 Å². The molecule has 0 amide bonds. The predicted molar refractivity (Wildman–Crippen MR) is 97.4 cm³/mol. The van der Waals surface area contributed by atoms with Gasteiger partial charge in [-0.15, -0.1) is 0 Å². The van der Waals surface area contributed by atoms with Gasteiger partial charge in [0.2, 0.25) is 0 Å². The Morgan fingerprint density at radius 2 is 1.79 bits per heavy atom. The molecule has 1 heterocycles. The van der Waals surface area contributed by atoms with Gasteiger partial charge in [-0.25, -0.2) is 4.79 Å². The van der Waals surface area contributed by atoms with E-state index >= 15 is 0 Å². The number of ether oxygens (including phenoxy) is 2. The van der Waals surface area contributed by atoms with Crippen molar-refractivity contribution in [2.75, 3.05) is 0 Å². The van der Waals surface area contributed by atoms with Crippen molar-refractivity contribution >= 4 is 14.3 Å². The molecule has 1 aliphatic heterocycles. The molecule has 0 radical (unpaired) electrons. The molecule has 0 spiro atoms. The Kier molecular flexibility index (Phi) is 5.55. The highest BCUT2D eigenvalue weighted by Crippen LogP contribution is 2.39. The molecule has 0 saturated carbocycles. The fraction of sp³-hybridized carbons (Fsp3) is 0.526. The van der Waals surface area contributed by atoms with E-state index in [-0.39, 0.29) is 23.2 Å². The minimum atomic E-state index is -2.01. The molecule has 1 aromatic rings. The number of carbonyl (C=O) groups is 1. The molecule has 0 aliphatic carbocycles. The highest BCUT2D eigenvalue weighted by molar-refractivity contribution is 6.74. The van der Waals surface area contributed by atoms with Crippen molar-refractivity contribution in [1.29, 1.82) is 0 Å². The normalized spacial score (nSPS) is 24.3. The Labute approximate surface area is 145 Å². The van der Waals surface area contributed by atoms with E-state index in [0.717, 1.165) is 0 Å². The van der Waals surface area contributed by atoms with Crippen LogP contribution in [0.2, 0.25) is 18.1 Å². The Morgan fingerprint density at radius 1 is 1.17 bits per heavy atom. The molecule has 24 heavy (non-hydrogen) atoms. The summed E-state index contributed by atoms with van der Waals surface area (Å²) < 4.78 is 17.8. The third-order valence-electron chi connectivity index (χ3n) is 4.84. The molecule has 1 aliphatic rings. The summed E-state index contributed by atoms with van der Waals surface area (Å²) in [5.74, 6) is -0.344. The molecule has 0 unspecified atom stereocenters. The molecule has 3 atom stereocenters. The molecule has 0 saturated heterocycles. The van der Waals surface area contributed by atoms with Crippen LogP contribution in [0.1, 0.15) is 38.1 Å². The first-order valence-corrected chi connectivity index (χ1v) is 11.3. The van der Waals surface area contributed by atoms with Crippen LogP contribution in [0, 0.1) is 0 Å². The van der Waals surface area contributed by atoms with E-state index in [0.29, 0.717) is 5.56 Å². The third-order valence-corrected chi connectivity index (χ3v) is 9.31. The van der Waals surface area contributed by atoms with Crippen molar-refractivity contribution in [1.82, 2.24) is 0 Å². The summed E-state index contributed by atoms with van der Waals surface area (Å²) in [4.78, 5) is 12.4. The SMILES string of the molecule is C[C@H]1OC=C[C@@H](OC(=O)c2ccccc2)[C@@H]1O[Si](C)(C)C(C)(C)C. The Balaban J connectivity index is 2.16. The molecule has 1 aromatic carbocycles. The summed E-state index contributed by atoms with van der Waals surface area (Å²) in [7, 11) is -2.01. The summed E-state index contributed by atoms with van der Waals surface area (Å²) in [6.45, 7) is 12.9. The maximum Gasteiger partial charge on any atom is 0.338 e. The largest absolute Gasteiger partial charge is 0.496 e. The quantitative estimate of drug-likeness (QED) is 0.592. The molecule has 0 bridgehead atoms. The summed E-state index contributed by atoms with van der Waals surface area (Å²) in [6, 6.07) is 9.01. The first-order valence-electron chi connectivity index (χ1n) is 8.38. The Morgan fingerprint density at radius 3 is 2.38 bits per heavy atom. The summed E-state index contributed by atoms with van der Waals surface area (Å²) in [5.41, 5.74) is 0.538. The van der Waals surface area contributed by atoms with E-state index in [1.807, 2.05) is 25.1 Å². The zero-order valence-corrected chi connectivity index (χ0v) is 16.4. The smallest absolute Gasteiger partial charge is 0.338 e. The third kappa shape index (κ3) is 4.27. The fourth-order valence-electron chi connectivity index (χ4n) is 2.25. The van der Waals surface area contributed by atoms with Gasteiger partial charge < -0.3 is 13.9 Å². The second kappa shape index (κ2) is 7.11. The van der Waals surface area contributed by atoms with Gasteiger partial charge in [-0.05, 0) is 43.3 Å². The van der Waals surface area contributed by atoms with E-state index in [9.17, 15) is 4.79 Å². The lowest BCUT2D eigenvalue weighted by Crippen LogP contribution is -2.52. The first kappa shape index (κ1) is 18.7. The van der Waals surface area contributed by atoms with Crippen molar-refractivity contribution in [3.63, 3.8) is 0 Å². The summed E-state index contributed by atoms with van der Waals surface area (Å²) in [5, 5.41) is 0.0713. The van der Waals surface area contributed by atoms with E-state index in [4.69, 9.17) is 13.9 Å². The first-order chi connectivity index (χ1) is 11.1. The summed E-state index contributed by atoms with van der Waals surface area (Å²) >= 11 is 0. The second-order valence-electron chi connectivity index (χ2n) is 7.75. The van der Waals surface area contributed by atoms with Crippen molar-refractivity contribution in [3.8, 4) is 0 Å². The molecule has 4 nitrogen and oxygen atoms in total. The molecular weight excluding hydrogens is 320 g/mol. The van der Waals surface area contributed by atoms with E-state index in [2.05, 4.69) is 33.9 Å². The van der Waals surface area contributed by atoms with Crippen LogP contribution in [0.5, 0.6) is 0 Å². The minimum absolute atomic E-state index is 0.0713. The summed E-state index contributed by atoms with van der Waals surface area (Å²) in [6.07, 6.45) is 2.44. The number of hydrogen-bond donors (Lipinski definition) is 0. The number of carbonyl (C=O) groups excluding carboxylic acids is 1. The van der Waals surface area contributed by atoms with Gasteiger partial charge in [0, 0.05) is 0 Å². The van der Waals surface area contributed by atoms with E-state index in [1.165, 1.54) is 0 Å². The monoisotopic (exact) mass is 348 g/mol. The molecular formula is C19H28O4Si. The number of benzene rings is 1. The Bertz CT molecular complexity index is 589. The van der Waals surface area contributed by atoms with Crippen molar-refractivity contribution in [2.24, 2.45) is 0 Å². The van der Waals surface area contributed by atoms with E-state index < -0.39 is 14.4 Å². The van der Waals surface area contributed by atoms with Crippen molar-refractivity contribution in [2.45, 2.75) is 64.1 Å². The maximum absolute atomic E-state index is 12.4. The zero-order chi connectivity index (χ0) is 18.0. The van der Waals surface area contributed by atoms with Crippen LogP contribution in [0.25, 0.3) is 0 Å². The molecule has 2 rings (SSSR count). The van der Waals surface area contributed by atoms with Crippen LogP contribution in [0.3, 0.4) is 0 Å². The average molecular weight is 349 g/mol. The lowest BCUT2D eigenvalue weighted by atomic mass is 10.1. The highest BCUT2D eigenvalue weighted by atomic mass is 28.4. The Hall–Kier alpha value is -1.59. The predicted octanol–water partition coefficient (Wildman–Crippen LogP) is 4.53. The van der Waals surface area contributed by atoms with Gasteiger partial charge >= 0.3 is 5.97 Å². The van der Waals surface area contributed by atoms with Crippen LogP contribution >= 0.6 is 0 Å².